The molecular formula is C18H29N. The number of hydrogen-bond donors (Lipinski definition) is 1. The van der Waals surface area contributed by atoms with Gasteiger partial charge in [0.1, 0.15) is 0 Å². The van der Waals surface area contributed by atoms with Crippen LogP contribution in [0.2, 0.25) is 0 Å². The molecule has 0 radical (unpaired) electrons. The molecule has 0 saturated heterocycles. The van der Waals surface area contributed by atoms with Gasteiger partial charge in [-0.05, 0) is 56.2 Å². The van der Waals surface area contributed by atoms with Crippen molar-refractivity contribution in [3.8, 4) is 0 Å². The fraction of sp³-hybridized carbons (Fsp3) is 0.667. The molecule has 1 N–H and O–H groups in total. The van der Waals surface area contributed by atoms with Crippen molar-refractivity contribution in [2.75, 3.05) is 0 Å². The highest BCUT2D eigenvalue weighted by Crippen LogP contribution is 2.26. The molecule has 3 unspecified atom stereocenters. The van der Waals surface area contributed by atoms with E-state index in [1.165, 1.54) is 48.8 Å². The Labute approximate surface area is 118 Å². The smallest absolute Gasteiger partial charge is 0.0294 e. The normalized spacial score (nSPS) is 25.9. The van der Waals surface area contributed by atoms with E-state index in [2.05, 4.69) is 51.2 Å². The van der Waals surface area contributed by atoms with Gasteiger partial charge in [0, 0.05) is 12.1 Å². The first kappa shape index (κ1) is 14.6. The van der Waals surface area contributed by atoms with E-state index in [1.54, 1.807) is 0 Å². The minimum Gasteiger partial charge on any atom is -0.307 e. The lowest BCUT2D eigenvalue weighted by Gasteiger charge is -2.27. The number of nitrogens with one attached hydrogen (secondary N) is 1. The van der Waals surface area contributed by atoms with E-state index in [4.69, 9.17) is 0 Å². The maximum Gasteiger partial charge on any atom is 0.0294 e. The van der Waals surface area contributed by atoms with Gasteiger partial charge in [0.15, 0.2) is 0 Å². The van der Waals surface area contributed by atoms with Crippen molar-refractivity contribution in [3.63, 3.8) is 0 Å². The topological polar surface area (TPSA) is 12.0 Å². The molecule has 0 spiro atoms. The molecule has 1 fully saturated rings. The lowest BCUT2D eigenvalue weighted by molar-refractivity contribution is 0.330. The van der Waals surface area contributed by atoms with E-state index >= 15 is 0 Å². The Balaban J connectivity index is 2.02. The molecule has 0 bridgehead atoms. The van der Waals surface area contributed by atoms with E-state index in [1.807, 2.05) is 0 Å². The Morgan fingerprint density at radius 2 is 1.79 bits per heavy atom. The van der Waals surface area contributed by atoms with Gasteiger partial charge >= 0.3 is 0 Å². The van der Waals surface area contributed by atoms with Gasteiger partial charge in [-0.25, -0.2) is 0 Å². The molecular weight excluding hydrogens is 230 g/mol. The Morgan fingerprint density at radius 1 is 1.05 bits per heavy atom. The highest BCUT2D eigenvalue weighted by atomic mass is 14.9. The molecule has 1 aliphatic carbocycles. The third-order valence-corrected chi connectivity index (χ3v) is 4.86. The minimum atomic E-state index is 0.463. The second kappa shape index (κ2) is 6.56. The summed E-state index contributed by atoms with van der Waals surface area (Å²) in [5.74, 6) is 0.816. The highest BCUT2D eigenvalue weighted by Gasteiger charge is 2.21. The van der Waals surface area contributed by atoms with E-state index in [0.717, 1.165) is 5.92 Å². The molecule has 19 heavy (non-hydrogen) atoms. The van der Waals surface area contributed by atoms with Crippen molar-refractivity contribution in [2.24, 2.45) is 5.92 Å². The molecule has 1 heteroatoms. The number of rotatable bonds is 3. The maximum atomic E-state index is 3.87. The first-order valence-electron chi connectivity index (χ1n) is 7.91. The van der Waals surface area contributed by atoms with Gasteiger partial charge in [0.2, 0.25) is 0 Å². The van der Waals surface area contributed by atoms with Crippen LogP contribution in [0.1, 0.15) is 68.7 Å². The van der Waals surface area contributed by atoms with Crippen LogP contribution in [0.4, 0.5) is 0 Å². The summed E-state index contributed by atoms with van der Waals surface area (Å²) < 4.78 is 0. The number of aryl methyl sites for hydroxylation is 2. The molecule has 0 aliphatic heterocycles. The molecule has 0 amide bonds. The van der Waals surface area contributed by atoms with Crippen LogP contribution >= 0.6 is 0 Å². The van der Waals surface area contributed by atoms with E-state index in [-0.39, 0.29) is 0 Å². The minimum absolute atomic E-state index is 0.463. The quantitative estimate of drug-likeness (QED) is 0.759. The molecule has 1 nitrogen and oxygen atoms in total. The summed E-state index contributed by atoms with van der Waals surface area (Å²) in [4.78, 5) is 0. The van der Waals surface area contributed by atoms with Crippen LogP contribution in [-0.2, 0) is 0 Å². The fourth-order valence-corrected chi connectivity index (χ4v) is 3.19. The van der Waals surface area contributed by atoms with Crippen LogP contribution in [-0.4, -0.2) is 6.04 Å². The lowest BCUT2D eigenvalue weighted by atomic mass is 9.94. The maximum absolute atomic E-state index is 3.87. The van der Waals surface area contributed by atoms with E-state index in [9.17, 15) is 0 Å². The van der Waals surface area contributed by atoms with Crippen LogP contribution in [0, 0.1) is 19.8 Å². The van der Waals surface area contributed by atoms with Crippen molar-refractivity contribution in [1.29, 1.82) is 0 Å². The highest BCUT2D eigenvalue weighted by molar-refractivity contribution is 5.31. The summed E-state index contributed by atoms with van der Waals surface area (Å²) in [5, 5.41) is 3.87. The summed E-state index contributed by atoms with van der Waals surface area (Å²) in [6, 6.07) is 8.03. The zero-order valence-electron chi connectivity index (χ0n) is 13.0. The molecule has 1 aromatic rings. The van der Waals surface area contributed by atoms with Gasteiger partial charge in [-0.2, -0.15) is 0 Å². The average molecular weight is 259 g/mol. The second-order valence-electron chi connectivity index (χ2n) is 6.45. The van der Waals surface area contributed by atoms with E-state index < -0.39 is 0 Å². The van der Waals surface area contributed by atoms with Crippen molar-refractivity contribution >= 4 is 0 Å². The summed E-state index contributed by atoms with van der Waals surface area (Å²) >= 11 is 0. The Morgan fingerprint density at radius 3 is 2.53 bits per heavy atom. The Kier molecular flexibility index (Phi) is 5.04. The van der Waals surface area contributed by atoms with Gasteiger partial charge in [-0.1, -0.05) is 44.4 Å². The lowest BCUT2D eigenvalue weighted by Crippen LogP contribution is -2.36. The SMILES string of the molecule is Cc1ccc(C(C)NC2CCCCCC2C)cc1C. The van der Waals surface area contributed by atoms with Gasteiger partial charge in [0.05, 0.1) is 0 Å². The largest absolute Gasteiger partial charge is 0.307 e. The third-order valence-electron chi connectivity index (χ3n) is 4.86. The van der Waals surface area contributed by atoms with E-state index in [0.29, 0.717) is 12.1 Å². The molecule has 1 aromatic carbocycles. The van der Waals surface area contributed by atoms with Gasteiger partial charge in [-0.3, -0.25) is 0 Å². The third kappa shape index (κ3) is 3.82. The first-order chi connectivity index (χ1) is 9.08. The summed E-state index contributed by atoms with van der Waals surface area (Å²) in [5.41, 5.74) is 4.22. The zero-order chi connectivity index (χ0) is 13.8. The number of hydrogen-bond acceptors (Lipinski definition) is 1. The molecule has 2 rings (SSSR count). The van der Waals surface area contributed by atoms with Crippen LogP contribution in [0.5, 0.6) is 0 Å². The van der Waals surface area contributed by atoms with Gasteiger partial charge < -0.3 is 5.32 Å². The summed E-state index contributed by atoms with van der Waals surface area (Å²) in [7, 11) is 0. The molecule has 106 valence electrons. The summed E-state index contributed by atoms with van der Waals surface area (Å²) in [6.07, 6.45) is 6.95. The number of benzene rings is 1. The van der Waals surface area contributed by atoms with Crippen LogP contribution in [0.3, 0.4) is 0 Å². The van der Waals surface area contributed by atoms with Crippen LogP contribution < -0.4 is 5.32 Å². The molecule has 1 saturated carbocycles. The summed E-state index contributed by atoms with van der Waals surface area (Å²) in [6.45, 7) is 9.11. The average Bonchev–Trinajstić information content (AvgIpc) is 2.58. The van der Waals surface area contributed by atoms with Crippen molar-refractivity contribution in [3.05, 3.63) is 34.9 Å². The molecule has 3 atom stereocenters. The second-order valence-corrected chi connectivity index (χ2v) is 6.45. The first-order valence-corrected chi connectivity index (χ1v) is 7.91. The molecule has 0 heterocycles. The Hall–Kier alpha value is -0.820. The predicted molar refractivity (Wildman–Crippen MR) is 83.5 cm³/mol. The van der Waals surface area contributed by atoms with Crippen molar-refractivity contribution in [2.45, 2.75) is 71.9 Å². The molecule has 1 aliphatic rings. The van der Waals surface area contributed by atoms with Crippen LogP contribution in [0.15, 0.2) is 18.2 Å². The molecule has 0 aromatic heterocycles. The van der Waals surface area contributed by atoms with Gasteiger partial charge in [-0.15, -0.1) is 0 Å². The zero-order valence-corrected chi connectivity index (χ0v) is 13.0. The fourth-order valence-electron chi connectivity index (χ4n) is 3.19. The van der Waals surface area contributed by atoms with Gasteiger partial charge in [0.25, 0.3) is 0 Å². The van der Waals surface area contributed by atoms with Crippen molar-refractivity contribution in [1.82, 2.24) is 5.32 Å². The van der Waals surface area contributed by atoms with Crippen LogP contribution in [0.25, 0.3) is 0 Å². The Bertz CT molecular complexity index is 410. The van der Waals surface area contributed by atoms with Crippen molar-refractivity contribution < 1.29 is 0 Å². The predicted octanol–water partition coefficient (Wildman–Crippen LogP) is 4.92. The standard InChI is InChI=1S/C18H29N/c1-13-10-11-17(12-15(13)3)16(4)19-18-9-7-5-6-8-14(18)2/h10-12,14,16,18-19H,5-9H2,1-4H3. The monoisotopic (exact) mass is 259 g/mol.